The second-order valence-electron chi connectivity index (χ2n) is 4.08. The van der Waals surface area contributed by atoms with Gasteiger partial charge in [0, 0.05) is 16.7 Å². The van der Waals surface area contributed by atoms with Crippen molar-refractivity contribution in [1.29, 1.82) is 0 Å². The fraction of sp³-hybridized carbons (Fsp3) is 0.0667. The van der Waals surface area contributed by atoms with Crippen LogP contribution in [0.2, 0.25) is 5.02 Å². The average molecular weight is 293 g/mol. The number of benzene rings is 2. The SMILES string of the molecule is Cc1cccc(C(=O)c2ccccc2Cl)c1C(=O)Cl. The molecule has 2 aromatic carbocycles. The van der Waals surface area contributed by atoms with Crippen LogP contribution in [0.4, 0.5) is 0 Å². The lowest BCUT2D eigenvalue weighted by molar-refractivity contribution is 0.102. The van der Waals surface area contributed by atoms with Crippen molar-refractivity contribution >= 4 is 34.2 Å². The molecule has 0 saturated heterocycles. The second-order valence-corrected chi connectivity index (χ2v) is 4.83. The molecule has 0 radical (unpaired) electrons. The zero-order chi connectivity index (χ0) is 14.0. The van der Waals surface area contributed by atoms with Crippen LogP contribution < -0.4 is 0 Å². The van der Waals surface area contributed by atoms with E-state index < -0.39 is 5.24 Å². The van der Waals surface area contributed by atoms with Gasteiger partial charge in [-0.25, -0.2) is 0 Å². The number of rotatable bonds is 3. The summed E-state index contributed by atoms with van der Waals surface area (Å²) in [6, 6.07) is 11.7. The van der Waals surface area contributed by atoms with Gasteiger partial charge >= 0.3 is 0 Å². The summed E-state index contributed by atoms with van der Waals surface area (Å²) in [5, 5.41) is -0.296. The van der Waals surface area contributed by atoms with E-state index in [2.05, 4.69) is 0 Å². The highest BCUT2D eigenvalue weighted by Gasteiger charge is 2.20. The molecule has 0 heterocycles. The van der Waals surface area contributed by atoms with Crippen LogP contribution in [0, 0.1) is 6.92 Å². The molecule has 4 heteroatoms. The number of aryl methyl sites for hydroxylation is 1. The van der Waals surface area contributed by atoms with Crippen LogP contribution in [0.25, 0.3) is 0 Å². The summed E-state index contributed by atoms with van der Waals surface area (Å²) in [6.07, 6.45) is 0. The third-order valence-corrected chi connectivity index (χ3v) is 3.35. The van der Waals surface area contributed by atoms with E-state index in [1.165, 1.54) is 0 Å². The van der Waals surface area contributed by atoms with Crippen LogP contribution in [0.3, 0.4) is 0 Å². The van der Waals surface area contributed by atoms with Crippen molar-refractivity contribution < 1.29 is 9.59 Å². The van der Waals surface area contributed by atoms with Crippen LogP contribution in [0.5, 0.6) is 0 Å². The topological polar surface area (TPSA) is 34.1 Å². The quantitative estimate of drug-likeness (QED) is 0.626. The van der Waals surface area contributed by atoms with Gasteiger partial charge in [-0.1, -0.05) is 41.9 Å². The van der Waals surface area contributed by atoms with Gasteiger partial charge in [-0.05, 0) is 36.2 Å². The molecule has 2 nitrogen and oxygen atoms in total. The summed E-state index contributed by atoms with van der Waals surface area (Å²) in [6.45, 7) is 1.74. The molecule has 0 amide bonds. The van der Waals surface area contributed by atoms with Gasteiger partial charge < -0.3 is 0 Å². The van der Waals surface area contributed by atoms with Crippen molar-refractivity contribution in [3.05, 3.63) is 69.7 Å². The van der Waals surface area contributed by atoms with Crippen LogP contribution >= 0.6 is 23.2 Å². The smallest absolute Gasteiger partial charge is 0.253 e. The van der Waals surface area contributed by atoms with Gasteiger partial charge in [-0.15, -0.1) is 0 Å². The van der Waals surface area contributed by atoms with Gasteiger partial charge in [-0.2, -0.15) is 0 Å². The third kappa shape index (κ3) is 2.70. The largest absolute Gasteiger partial charge is 0.289 e. The molecule has 19 heavy (non-hydrogen) atoms. The Bertz CT molecular complexity index is 663. The maximum Gasteiger partial charge on any atom is 0.253 e. The Labute approximate surface area is 121 Å². The van der Waals surface area contributed by atoms with E-state index in [0.29, 0.717) is 16.1 Å². The summed E-state index contributed by atoms with van der Waals surface area (Å²) < 4.78 is 0. The zero-order valence-corrected chi connectivity index (χ0v) is 11.6. The first kappa shape index (κ1) is 13.8. The Kier molecular flexibility index (Phi) is 4.03. The number of carbonyl (C=O) groups is 2. The molecule has 0 aliphatic heterocycles. The van der Waals surface area contributed by atoms with Crippen LogP contribution in [0.1, 0.15) is 31.8 Å². The molecule has 96 valence electrons. The molecule has 0 bridgehead atoms. The molecule has 0 N–H and O–H groups in total. The molecule has 0 unspecified atom stereocenters. The standard InChI is InChI=1S/C15H10Cl2O2/c1-9-5-4-7-11(13(9)15(17)19)14(18)10-6-2-3-8-12(10)16/h2-8H,1H3. The Morgan fingerprint density at radius 3 is 2.21 bits per heavy atom. The molecule has 0 aliphatic carbocycles. The first-order valence-electron chi connectivity index (χ1n) is 5.61. The van der Waals surface area contributed by atoms with Gasteiger partial charge in [0.2, 0.25) is 0 Å². The summed E-state index contributed by atoms with van der Waals surface area (Å²) in [4.78, 5) is 23.9. The van der Waals surface area contributed by atoms with Crippen molar-refractivity contribution in [2.75, 3.05) is 0 Å². The van der Waals surface area contributed by atoms with Gasteiger partial charge in [0.05, 0.1) is 5.02 Å². The lowest BCUT2D eigenvalue weighted by Gasteiger charge is -2.09. The monoisotopic (exact) mass is 292 g/mol. The maximum atomic E-state index is 12.4. The summed E-state index contributed by atoms with van der Waals surface area (Å²) in [7, 11) is 0. The number of carbonyl (C=O) groups excluding carboxylic acids is 2. The molecule has 0 saturated carbocycles. The number of hydrogen-bond acceptors (Lipinski definition) is 2. The van der Waals surface area contributed by atoms with Gasteiger partial charge in [0.25, 0.3) is 5.24 Å². The lowest BCUT2D eigenvalue weighted by Crippen LogP contribution is -2.09. The minimum atomic E-state index is -0.645. The molecule has 0 aromatic heterocycles. The van der Waals surface area contributed by atoms with Gasteiger partial charge in [0.1, 0.15) is 0 Å². The van der Waals surface area contributed by atoms with Gasteiger partial charge in [-0.3, -0.25) is 9.59 Å². The molecule has 0 spiro atoms. The average Bonchev–Trinajstić information content (AvgIpc) is 2.37. The van der Waals surface area contributed by atoms with Crippen molar-refractivity contribution in [3.8, 4) is 0 Å². The highest BCUT2D eigenvalue weighted by atomic mass is 35.5. The zero-order valence-electron chi connectivity index (χ0n) is 10.1. The number of halogens is 2. The second kappa shape index (κ2) is 5.55. The summed E-state index contributed by atoms with van der Waals surface area (Å²) >= 11 is 11.6. The molecule has 2 aromatic rings. The van der Waals surface area contributed by atoms with E-state index in [4.69, 9.17) is 23.2 Å². The van der Waals surface area contributed by atoms with Crippen LogP contribution in [-0.2, 0) is 0 Å². The predicted molar refractivity (Wildman–Crippen MR) is 76.2 cm³/mol. The Morgan fingerprint density at radius 2 is 1.58 bits per heavy atom. The van der Waals surface area contributed by atoms with Crippen LogP contribution in [0.15, 0.2) is 42.5 Å². The fourth-order valence-electron chi connectivity index (χ4n) is 1.91. The minimum absolute atomic E-state index is 0.231. The van der Waals surface area contributed by atoms with E-state index in [1.54, 1.807) is 49.4 Å². The Morgan fingerprint density at radius 1 is 0.947 bits per heavy atom. The summed E-state index contributed by atoms with van der Waals surface area (Å²) in [5.41, 5.74) is 1.52. The highest BCUT2D eigenvalue weighted by molar-refractivity contribution is 6.68. The molecule has 0 aliphatic rings. The molecular weight excluding hydrogens is 283 g/mol. The van der Waals surface area contributed by atoms with Crippen molar-refractivity contribution in [1.82, 2.24) is 0 Å². The molecular formula is C15H10Cl2O2. The fourth-order valence-corrected chi connectivity index (χ4v) is 2.38. The first-order valence-corrected chi connectivity index (χ1v) is 6.36. The normalized spacial score (nSPS) is 10.3. The van der Waals surface area contributed by atoms with E-state index in [-0.39, 0.29) is 16.9 Å². The van der Waals surface area contributed by atoms with E-state index >= 15 is 0 Å². The highest BCUT2D eigenvalue weighted by Crippen LogP contribution is 2.23. The van der Waals surface area contributed by atoms with Crippen LogP contribution in [-0.4, -0.2) is 11.0 Å². The van der Waals surface area contributed by atoms with E-state index in [9.17, 15) is 9.59 Å². The Balaban J connectivity index is 2.60. The molecule has 0 atom stereocenters. The van der Waals surface area contributed by atoms with Crippen molar-refractivity contribution in [2.45, 2.75) is 6.92 Å². The van der Waals surface area contributed by atoms with E-state index in [1.807, 2.05) is 0 Å². The van der Waals surface area contributed by atoms with Crippen molar-refractivity contribution in [3.63, 3.8) is 0 Å². The molecule has 2 rings (SSSR count). The summed E-state index contributed by atoms with van der Waals surface area (Å²) in [5.74, 6) is -0.307. The first-order chi connectivity index (χ1) is 9.02. The maximum absolute atomic E-state index is 12.4. The number of hydrogen-bond donors (Lipinski definition) is 0. The lowest BCUT2D eigenvalue weighted by atomic mass is 9.96. The number of ketones is 1. The molecule has 0 fully saturated rings. The Hall–Kier alpha value is -1.64. The van der Waals surface area contributed by atoms with Crippen molar-refractivity contribution in [2.24, 2.45) is 0 Å². The van der Waals surface area contributed by atoms with Gasteiger partial charge in [0.15, 0.2) is 5.78 Å². The third-order valence-electron chi connectivity index (χ3n) is 2.83. The minimum Gasteiger partial charge on any atom is -0.289 e. The van der Waals surface area contributed by atoms with E-state index in [0.717, 1.165) is 0 Å². The predicted octanol–water partition coefficient (Wildman–Crippen LogP) is 4.26.